The van der Waals surface area contributed by atoms with Gasteiger partial charge >= 0.3 is 0 Å². The summed E-state index contributed by atoms with van der Waals surface area (Å²) < 4.78 is 10.7. The molecule has 0 radical (unpaired) electrons. The van der Waals surface area contributed by atoms with E-state index in [-0.39, 0.29) is 23.8 Å². The summed E-state index contributed by atoms with van der Waals surface area (Å²) in [4.78, 5) is 28.0. The number of hydrogen-bond acceptors (Lipinski definition) is 4. The van der Waals surface area contributed by atoms with Gasteiger partial charge in [0, 0.05) is 25.1 Å². The predicted octanol–water partition coefficient (Wildman–Crippen LogP) is 4.10. The first-order chi connectivity index (χ1) is 15.1. The first-order valence-corrected chi connectivity index (χ1v) is 10.9. The van der Waals surface area contributed by atoms with Crippen LogP contribution in [0.2, 0.25) is 0 Å². The molecule has 6 heteroatoms. The molecule has 1 heterocycles. The maximum absolute atomic E-state index is 13.3. The fraction of sp³-hybridized carbons (Fsp3) is 0.440. The van der Waals surface area contributed by atoms with Crippen LogP contribution in [-0.2, 0) is 16.1 Å². The summed E-state index contributed by atoms with van der Waals surface area (Å²) in [6.45, 7) is 3.15. The zero-order valence-electron chi connectivity index (χ0n) is 18.6. The van der Waals surface area contributed by atoms with Crippen molar-refractivity contribution in [1.82, 2.24) is 10.2 Å². The Morgan fingerprint density at radius 2 is 1.84 bits per heavy atom. The molecule has 31 heavy (non-hydrogen) atoms. The van der Waals surface area contributed by atoms with Gasteiger partial charge in [0.25, 0.3) is 0 Å². The van der Waals surface area contributed by atoms with E-state index < -0.39 is 0 Å². The summed E-state index contributed by atoms with van der Waals surface area (Å²) in [5.74, 6) is 1.27. The number of rotatable bonds is 9. The molecule has 1 aliphatic heterocycles. The molecule has 1 fully saturated rings. The van der Waals surface area contributed by atoms with Crippen LogP contribution in [0.3, 0.4) is 0 Å². The standard InChI is InChI=1S/C25H32N2O4/c1-4-5-16-27-23(28)15-14-21(24(27)18-10-12-20(30-2)13-11-18)25(29)26-17-19-8-6-7-9-22(19)31-3/h6-13,21,24H,4-5,14-17H2,1-3H3,(H,26,29). The lowest BCUT2D eigenvalue weighted by Crippen LogP contribution is -2.48. The van der Waals surface area contributed by atoms with Gasteiger partial charge < -0.3 is 19.7 Å². The molecule has 1 aliphatic rings. The Morgan fingerprint density at radius 1 is 1.10 bits per heavy atom. The fourth-order valence-electron chi connectivity index (χ4n) is 4.20. The molecule has 6 nitrogen and oxygen atoms in total. The number of carbonyl (C=O) groups is 2. The van der Waals surface area contributed by atoms with Crippen LogP contribution in [0.15, 0.2) is 48.5 Å². The fourth-order valence-corrected chi connectivity index (χ4v) is 4.20. The third-order valence-corrected chi connectivity index (χ3v) is 5.90. The van der Waals surface area contributed by atoms with Crippen molar-refractivity contribution >= 4 is 11.8 Å². The summed E-state index contributed by atoms with van der Waals surface area (Å²) in [6, 6.07) is 15.1. The maximum atomic E-state index is 13.3. The smallest absolute Gasteiger partial charge is 0.225 e. The summed E-state index contributed by atoms with van der Waals surface area (Å²) in [6.07, 6.45) is 2.83. The minimum Gasteiger partial charge on any atom is -0.497 e. The van der Waals surface area contributed by atoms with Crippen LogP contribution in [0, 0.1) is 5.92 Å². The summed E-state index contributed by atoms with van der Waals surface area (Å²) in [7, 11) is 3.25. The molecule has 166 valence electrons. The Kier molecular flexibility index (Phi) is 7.93. The van der Waals surface area contributed by atoms with E-state index in [0.29, 0.717) is 25.9 Å². The van der Waals surface area contributed by atoms with Gasteiger partial charge in [0.2, 0.25) is 11.8 Å². The lowest BCUT2D eigenvalue weighted by molar-refractivity contribution is -0.143. The average molecular weight is 425 g/mol. The average Bonchev–Trinajstić information content (AvgIpc) is 2.81. The lowest BCUT2D eigenvalue weighted by atomic mass is 9.83. The largest absolute Gasteiger partial charge is 0.497 e. The van der Waals surface area contributed by atoms with Crippen LogP contribution >= 0.6 is 0 Å². The molecular weight excluding hydrogens is 392 g/mol. The number of nitrogens with one attached hydrogen (secondary N) is 1. The van der Waals surface area contributed by atoms with Gasteiger partial charge in [-0.25, -0.2) is 0 Å². The molecule has 0 saturated carbocycles. The molecule has 2 aromatic rings. The molecular formula is C25H32N2O4. The molecule has 2 aromatic carbocycles. The van der Waals surface area contributed by atoms with Crippen LogP contribution in [-0.4, -0.2) is 37.5 Å². The Morgan fingerprint density at radius 3 is 2.52 bits per heavy atom. The maximum Gasteiger partial charge on any atom is 0.225 e. The number of amides is 2. The number of methoxy groups -OCH3 is 2. The molecule has 2 unspecified atom stereocenters. The normalized spacial score (nSPS) is 18.5. The van der Waals surface area contributed by atoms with E-state index in [1.807, 2.05) is 53.4 Å². The number of unbranched alkanes of at least 4 members (excludes halogenated alkanes) is 1. The third kappa shape index (κ3) is 5.37. The topological polar surface area (TPSA) is 67.9 Å². The van der Waals surface area contributed by atoms with Gasteiger partial charge in [-0.15, -0.1) is 0 Å². The number of likely N-dealkylation sites (tertiary alicyclic amines) is 1. The molecule has 3 rings (SSSR count). The number of ether oxygens (including phenoxy) is 2. The van der Waals surface area contributed by atoms with Crippen LogP contribution in [0.25, 0.3) is 0 Å². The van der Waals surface area contributed by atoms with E-state index in [2.05, 4.69) is 12.2 Å². The molecule has 0 spiro atoms. The Labute approximate surface area is 184 Å². The van der Waals surface area contributed by atoms with Crippen molar-refractivity contribution in [3.63, 3.8) is 0 Å². The van der Waals surface area contributed by atoms with Crippen molar-refractivity contribution in [3.8, 4) is 11.5 Å². The molecule has 0 aromatic heterocycles. The predicted molar refractivity (Wildman–Crippen MR) is 120 cm³/mol. The number of benzene rings is 2. The van der Waals surface area contributed by atoms with Gasteiger partial charge in [0.1, 0.15) is 11.5 Å². The van der Waals surface area contributed by atoms with Crippen molar-refractivity contribution in [2.45, 2.75) is 45.2 Å². The highest BCUT2D eigenvalue weighted by molar-refractivity contribution is 5.85. The van der Waals surface area contributed by atoms with Crippen LogP contribution < -0.4 is 14.8 Å². The number of hydrogen-bond donors (Lipinski definition) is 1. The third-order valence-electron chi connectivity index (χ3n) is 5.90. The first-order valence-electron chi connectivity index (χ1n) is 10.9. The van der Waals surface area contributed by atoms with Crippen LogP contribution in [0.1, 0.15) is 49.8 Å². The quantitative estimate of drug-likeness (QED) is 0.658. The highest BCUT2D eigenvalue weighted by Gasteiger charge is 2.40. The van der Waals surface area contributed by atoms with Gasteiger partial charge in [-0.05, 0) is 36.6 Å². The van der Waals surface area contributed by atoms with Crippen molar-refractivity contribution < 1.29 is 19.1 Å². The Bertz CT molecular complexity index is 881. The monoisotopic (exact) mass is 424 g/mol. The van der Waals surface area contributed by atoms with E-state index in [1.165, 1.54) is 0 Å². The first kappa shape index (κ1) is 22.7. The SMILES string of the molecule is CCCCN1C(=O)CCC(C(=O)NCc2ccccc2OC)C1c1ccc(OC)cc1. The molecule has 0 bridgehead atoms. The molecule has 0 aliphatic carbocycles. The minimum absolute atomic E-state index is 0.0410. The van der Waals surface area contributed by atoms with Crippen molar-refractivity contribution in [3.05, 3.63) is 59.7 Å². The van der Waals surface area contributed by atoms with E-state index in [1.54, 1.807) is 14.2 Å². The van der Waals surface area contributed by atoms with Crippen molar-refractivity contribution in [2.24, 2.45) is 5.92 Å². The molecule has 2 amide bonds. The Hall–Kier alpha value is -3.02. The second-order valence-corrected chi connectivity index (χ2v) is 7.83. The summed E-state index contributed by atoms with van der Waals surface area (Å²) >= 11 is 0. The second-order valence-electron chi connectivity index (χ2n) is 7.83. The highest BCUT2D eigenvalue weighted by atomic mass is 16.5. The van der Waals surface area contributed by atoms with Gasteiger partial charge in [0.05, 0.1) is 26.2 Å². The van der Waals surface area contributed by atoms with E-state index in [4.69, 9.17) is 9.47 Å². The van der Waals surface area contributed by atoms with Crippen molar-refractivity contribution in [2.75, 3.05) is 20.8 Å². The zero-order chi connectivity index (χ0) is 22.2. The van der Waals surface area contributed by atoms with E-state index in [0.717, 1.165) is 35.5 Å². The minimum atomic E-state index is -0.308. The van der Waals surface area contributed by atoms with Gasteiger partial charge in [-0.3, -0.25) is 9.59 Å². The number of piperidine rings is 1. The van der Waals surface area contributed by atoms with E-state index >= 15 is 0 Å². The van der Waals surface area contributed by atoms with Gasteiger partial charge in [0.15, 0.2) is 0 Å². The Balaban J connectivity index is 1.83. The number of nitrogens with zero attached hydrogens (tertiary/aromatic N) is 1. The summed E-state index contributed by atoms with van der Waals surface area (Å²) in [5, 5.41) is 3.08. The van der Waals surface area contributed by atoms with Gasteiger partial charge in [-0.1, -0.05) is 43.7 Å². The van der Waals surface area contributed by atoms with Crippen LogP contribution in [0.5, 0.6) is 11.5 Å². The molecule has 2 atom stereocenters. The number of para-hydroxylation sites is 1. The molecule has 1 saturated heterocycles. The molecule has 1 N–H and O–H groups in total. The number of carbonyl (C=O) groups excluding carboxylic acids is 2. The second kappa shape index (κ2) is 10.8. The van der Waals surface area contributed by atoms with Crippen molar-refractivity contribution in [1.29, 1.82) is 0 Å². The van der Waals surface area contributed by atoms with E-state index in [9.17, 15) is 9.59 Å². The lowest BCUT2D eigenvalue weighted by Gasteiger charge is -2.41. The van der Waals surface area contributed by atoms with Gasteiger partial charge in [-0.2, -0.15) is 0 Å². The zero-order valence-corrected chi connectivity index (χ0v) is 18.6. The van der Waals surface area contributed by atoms with Crippen LogP contribution in [0.4, 0.5) is 0 Å². The highest BCUT2D eigenvalue weighted by Crippen LogP contribution is 2.38. The summed E-state index contributed by atoms with van der Waals surface area (Å²) in [5.41, 5.74) is 1.89.